The summed E-state index contributed by atoms with van der Waals surface area (Å²) in [5.74, 6) is 0.575. The van der Waals surface area contributed by atoms with Gasteiger partial charge in [-0.15, -0.1) is 0 Å². The molecule has 1 N–H and O–H groups in total. The van der Waals surface area contributed by atoms with E-state index in [0.29, 0.717) is 5.92 Å². The molecular formula is C8H10N2. The fraction of sp³-hybridized carbons (Fsp3) is 0.375. The summed E-state index contributed by atoms with van der Waals surface area (Å²) in [6.45, 7) is 0. The number of nitrogens with one attached hydrogen (secondary N) is 1. The molecule has 0 fully saturated rings. The molecule has 0 amide bonds. The predicted molar refractivity (Wildman–Crippen MR) is 41.6 cm³/mol. The molecule has 1 aliphatic carbocycles. The molecule has 52 valence electrons. The van der Waals surface area contributed by atoms with Gasteiger partial charge in [0.2, 0.25) is 0 Å². The van der Waals surface area contributed by atoms with E-state index >= 15 is 0 Å². The molecule has 1 aliphatic heterocycles. The Balaban J connectivity index is 2.26. The van der Waals surface area contributed by atoms with Crippen molar-refractivity contribution in [2.75, 3.05) is 0 Å². The number of hydrazone groups is 1. The van der Waals surface area contributed by atoms with Gasteiger partial charge in [0.1, 0.15) is 0 Å². The molecule has 0 bridgehead atoms. The van der Waals surface area contributed by atoms with E-state index in [-0.39, 0.29) is 0 Å². The van der Waals surface area contributed by atoms with Crippen molar-refractivity contribution in [1.29, 1.82) is 0 Å². The number of hydrogen-bond donors (Lipinski definition) is 1. The highest BCUT2D eigenvalue weighted by atomic mass is 15.3. The Labute approximate surface area is 60.3 Å². The highest BCUT2D eigenvalue weighted by Gasteiger charge is 2.15. The molecule has 1 heterocycles. The maximum absolute atomic E-state index is 4.14. The van der Waals surface area contributed by atoms with Crippen LogP contribution < -0.4 is 5.43 Å². The van der Waals surface area contributed by atoms with Crippen molar-refractivity contribution in [3.63, 3.8) is 0 Å². The van der Waals surface area contributed by atoms with Gasteiger partial charge in [0.25, 0.3) is 0 Å². The summed E-state index contributed by atoms with van der Waals surface area (Å²) >= 11 is 0. The van der Waals surface area contributed by atoms with Crippen LogP contribution in [0.1, 0.15) is 12.8 Å². The molecule has 0 radical (unpaired) electrons. The van der Waals surface area contributed by atoms with Gasteiger partial charge in [0.05, 0.1) is 5.71 Å². The zero-order valence-electron chi connectivity index (χ0n) is 5.75. The van der Waals surface area contributed by atoms with E-state index < -0.39 is 0 Å². The van der Waals surface area contributed by atoms with E-state index in [4.69, 9.17) is 0 Å². The fourth-order valence-corrected chi connectivity index (χ4v) is 1.34. The maximum Gasteiger partial charge on any atom is 0.0673 e. The second kappa shape index (κ2) is 2.29. The second-order valence-electron chi connectivity index (χ2n) is 2.61. The lowest BCUT2D eigenvalue weighted by Crippen LogP contribution is -2.20. The highest BCUT2D eigenvalue weighted by molar-refractivity contribution is 5.98. The van der Waals surface area contributed by atoms with E-state index in [2.05, 4.69) is 28.8 Å². The first kappa shape index (κ1) is 5.71. The molecule has 2 rings (SSSR count). The molecule has 1 atom stereocenters. The van der Waals surface area contributed by atoms with Crippen LogP contribution in [0.2, 0.25) is 0 Å². The smallest absolute Gasteiger partial charge is 0.0673 e. The molecule has 2 nitrogen and oxygen atoms in total. The lowest BCUT2D eigenvalue weighted by molar-refractivity contribution is 0.712. The molecule has 10 heavy (non-hydrogen) atoms. The van der Waals surface area contributed by atoms with E-state index in [1.165, 1.54) is 18.6 Å². The largest absolute Gasteiger partial charge is 0.286 e. The fourth-order valence-electron chi connectivity index (χ4n) is 1.34. The Hall–Kier alpha value is -1.05. The molecule has 2 heteroatoms. The number of fused-ring (bicyclic) bond motifs is 1. The molecule has 0 spiro atoms. The molecule has 0 saturated carbocycles. The summed E-state index contributed by atoms with van der Waals surface area (Å²) in [5, 5.41) is 4.14. The molecular weight excluding hydrogens is 124 g/mol. The molecule has 0 aromatic heterocycles. The highest BCUT2D eigenvalue weighted by Crippen LogP contribution is 2.18. The van der Waals surface area contributed by atoms with Gasteiger partial charge in [-0.2, -0.15) is 5.10 Å². The lowest BCUT2D eigenvalue weighted by Gasteiger charge is -2.18. The number of hydrogen-bond acceptors (Lipinski definition) is 2. The van der Waals surface area contributed by atoms with Crippen LogP contribution in [0.25, 0.3) is 0 Å². The summed E-state index contributed by atoms with van der Waals surface area (Å²) < 4.78 is 0. The Morgan fingerprint density at radius 1 is 1.60 bits per heavy atom. The monoisotopic (exact) mass is 134 g/mol. The molecule has 0 aromatic rings. The normalized spacial score (nSPS) is 28.8. The third-order valence-corrected chi connectivity index (χ3v) is 1.91. The summed E-state index contributed by atoms with van der Waals surface area (Å²) in [6.07, 6.45) is 10.8. The average molecular weight is 134 g/mol. The van der Waals surface area contributed by atoms with E-state index in [1.807, 2.05) is 6.20 Å². The minimum Gasteiger partial charge on any atom is -0.286 e. The van der Waals surface area contributed by atoms with Crippen LogP contribution in [-0.2, 0) is 0 Å². The van der Waals surface area contributed by atoms with Gasteiger partial charge >= 0.3 is 0 Å². The topological polar surface area (TPSA) is 24.4 Å². The third-order valence-electron chi connectivity index (χ3n) is 1.91. The van der Waals surface area contributed by atoms with Crippen molar-refractivity contribution in [1.82, 2.24) is 5.43 Å². The quantitative estimate of drug-likeness (QED) is 0.532. The van der Waals surface area contributed by atoms with Crippen molar-refractivity contribution in [2.45, 2.75) is 12.8 Å². The minimum atomic E-state index is 0.575. The van der Waals surface area contributed by atoms with Gasteiger partial charge in [-0.25, -0.2) is 0 Å². The van der Waals surface area contributed by atoms with Gasteiger partial charge < -0.3 is 0 Å². The summed E-state index contributed by atoms with van der Waals surface area (Å²) in [7, 11) is 0. The zero-order valence-corrected chi connectivity index (χ0v) is 5.75. The number of rotatable bonds is 0. The second-order valence-corrected chi connectivity index (χ2v) is 2.61. The van der Waals surface area contributed by atoms with Crippen LogP contribution in [0.5, 0.6) is 0 Å². The first-order chi connectivity index (χ1) is 4.97. The first-order valence-electron chi connectivity index (χ1n) is 3.63. The van der Waals surface area contributed by atoms with Gasteiger partial charge in [0.15, 0.2) is 0 Å². The SMILES string of the molecule is C1=CC2=NNC=CC2CC1. The summed E-state index contributed by atoms with van der Waals surface area (Å²) in [5.41, 5.74) is 4.01. The number of nitrogens with zero attached hydrogens (tertiary/aromatic N) is 1. The van der Waals surface area contributed by atoms with Crippen LogP contribution >= 0.6 is 0 Å². The Morgan fingerprint density at radius 2 is 2.60 bits per heavy atom. The van der Waals surface area contributed by atoms with E-state index in [0.717, 1.165) is 0 Å². The van der Waals surface area contributed by atoms with Crippen molar-refractivity contribution in [2.24, 2.45) is 11.0 Å². The Morgan fingerprint density at radius 3 is 3.50 bits per heavy atom. The Bertz CT molecular complexity index is 213. The van der Waals surface area contributed by atoms with E-state index in [1.54, 1.807) is 0 Å². The first-order valence-corrected chi connectivity index (χ1v) is 3.63. The predicted octanol–water partition coefficient (Wildman–Crippen LogP) is 1.43. The van der Waals surface area contributed by atoms with Crippen molar-refractivity contribution < 1.29 is 0 Å². The lowest BCUT2D eigenvalue weighted by atomic mass is 9.92. The van der Waals surface area contributed by atoms with Crippen molar-refractivity contribution >= 4 is 5.71 Å². The summed E-state index contributed by atoms with van der Waals surface area (Å²) in [4.78, 5) is 0. The Kier molecular flexibility index (Phi) is 1.31. The standard InChI is InChI=1S/C8H10N2/c1-2-4-8-7(3-1)5-6-9-10-8/h2,4-7,9H,1,3H2. The third kappa shape index (κ3) is 0.856. The minimum absolute atomic E-state index is 0.575. The molecule has 1 unspecified atom stereocenters. The van der Waals surface area contributed by atoms with Crippen molar-refractivity contribution in [3.05, 3.63) is 24.4 Å². The number of allylic oxidation sites excluding steroid dienone is 3. The molecule has 2 aliphatic rings. The zero-order chi connectivity index (χ0) is 6.81. The van der Waals surface area contributed by atoms with Crippen LogP contribution in [-0.4, -0.2) is 5.71 Å². The van der Waals surface area contributed by atoms with Crippen LogP contribution in [0.15, 0.2) is 29.5 Å². The van der Waals surface area contributed by atoms with Crippen molar-refractivity contribution in [3.8, 4) is 0 Å². The summed E-state index contributed by atoms with van der Waals surface area (Å²) in [6, 6.07) is 0. The molecule has 0 aromatic carbocycles. The van der Waals surface area contributed by atoms with E-state index in [9.17, 15) is 0 Å². The van der Waals surface area contributed by atoms with Gasteiger partial charge in [0, 0.05) is 12.1 Å². The van der Waals surface area contributed by atoms with Crippen LogP contribution in [0.3, 0.4) is 0 Å². The van der Waals surface area contributed by atoms with Gasteiger partial charge in [-0.05, 0) is 18.9 Å². The van der Waals surface area contributed by atoms with Crippen LogP contribution in [0, 0.1) is 5.92 Å². The molecule has 0 saturated heterocycles. The van der Waals surface area contributed by atoms with Crippen LogP contribution in [0.4, 0.5) is 0 Å². The van der Waals surface area contributed by atoms with Gasteiger partial charge in [-0.3, -0.25) is 5.43 Å². The maximum atomic E-state index is 4.14. The van der Waals surface area contributed by atoms with Gasteiger partial charge in [-0.1, -0.05) is 12.2 Å². The average Bonchev–Trinajstić information content (AvgIpc) is 2.05.